The molecule has 4 heteroatoms. The molecule has 1 aliphatic carbocycles. The number of carbonyl (C=O) groups excluding carboxylic acids is 1. The third-order valence-electron chi connectivity index (χ3n) is 5.55. The summed E-state index contributed by atoms with van der Waals surface area (Å²) in [7, 11) is 3.35. The van der Waals surface area contributed by atoms with Crippen LogP contribution >= 0.6 is 0 Å². The number of hydrogen-bond donors (Lipinski definition) is 1. The Balaban J connectivity index is 1.78. The van der Waals surface area contributed by atoms with E-state index in [4.69, 9.17) is 9.47 Å². The van der Waals surface area contributed by atoms with E-state index < -0.39 is 0 Å². The number of ketones is 1. The molecule has 0 saturated heterocycles. The van der Waals surface area contributed by atoms with Gasteiger partial charge in [0.25, 0.3) is 0 Å². The maximum Gasteiger partial charge on any atom is 0.159 e. The van der Waals surface area contributed by atoms with Crippen LogP contribution in [0.4, 0.5) is 5.69 Å². The summed E-state index contributed by atoms with van der Waals surface area (Å²) in [5.41, 5.74) is 4.20. The summed E-state index contributed by atoms with van der Waals surface area (Å²) in [5, 5.41) is 3.69. The number of benzene rings is 2. The smallest absolute Gasteiger partial charge is 0.159 e. The van der Waals surface area contributed by atoms with Crippen LogP contribution in [0.2, 0.25) is 0 Å². The maximum atomic E-state index is 11.8. The van der Waals surface area contributed by atoms with E-state index in [2.05, 4.69) is 23.5 Å². The van der Waals surface area contributed by atoms with E-state index in [-0.39, 0.29) is 11.8 Å². The van der Waals surface area contributed by atoms with Crippen molar-refractivity contribution in [3.05, 3.63) is 65.2 Å². The zero-order chi connectivity index (χ0) is 18.3. The van der Waals surface area contributed by atoms with Gasteiger partial charge in [0, 0.05) is 28.8 Å². The minimum atomic E-state index is 0.102. The van der Waals surface area contributed by atoms with Crippen LogP contribution in [0.15, 0.2) is 48.6 Å². The van der Waals surface area contributed by atoms with Crippen molar-refractivity contribution in [3.63, 3.8) is 0 Å². The Morgan fingerprint density at radius 3 is 2.65 bits per heavy atom. The van der Waals surface area contributed by atoms with Crippen molar-refractivity contribution >= 4 is 11.5 Å². The van der Waals surface area contributed by atoms with E-state index >= 15 is 0 Å². The first-order chi connectivity index (χ1) is 12.6. The quantitative estimate of drug-likeness (QED) is 0.640. The Bertz CT molecular complexity index is 887. The predicted molar refractivity (Wildman–Crippen MR) is 102 cm³/mol. The maximum absolute atomic E-state index is 11.8. The van der Waals surface area contributed by atoms with Gasteiger partial charge in [0.05, 0.1) is 20.3 Å². The molecule has 0 bridgehead atoms. The van der Waals surface area contributed by atoms with Gasteiger partial charge in [-0.15, -0.1) is 0 Å². The highest BCUT2D eigenvalue weighted by Gasteiger charge is 2.39. The van der Waals surface area contributed by atoms with Crippen molar-refractivity contribution in [2.75, 3.05) is 19.5 Å². The van der Waals surface area contributed by atoms with Crippen molar-refractivity contribution in [3.8, 4) is 11.5 Å². The van der Waals surface area contributed by atoms with E-state index in [0.29, 0.717) is 11.8 Å². The van der Waals surface area contributed by atoms with Gasteiger partial charge in [-0.1, -0.05) is 12.2 Å². The van der Waals surface area contributed by atoms with E-state index in [1.807, 2.05) is 30.3 Å². The average molecular weight is 349 g/mol. The number of methoxy groups -OCH3 is 2. The van der Waals surface area contributed by atoms with Crippen molar-refractivity contribution in [2.24, 2.45) is 5.92 Å². The third kappa shape index (κ3) is 2.66. The summed E-state index contributed by atoms with van der Waals surface area (Å²) >= 11 is 0. The van der Waals surface area contributed by atoms with Crippen LogP contribution in [0, 0.1) is 5.92 Å². The molecule has 2 aromatic rings. The standard InChI is InChI=1S/C22H23NO3/c1-13(24)14-7-10-20-19(11-14)16-5-4-6-17(16)22(23-20)18-9-8-15(25-2)12-21(18)26-3/h4-5,7-12,16-17,22-23H,6H2,1-3H3. The van der Waals surface area contributed by atoms with Gasteiger partial charge in [0.2, 0.25) is 0 Å². The second-order valence-electron chi connectivity index (χ2n) is 6.94. The van der Waals surface area contributed by atoms with E-state index in [1.165, 1.54) is 5.56 Å². The van der Waals surface area contributed by atoms with Gasteiger partial charge in [-0.3, -0.25) is 4.79 Å². The van der Waals surface area contributed by atoms with E-state index in [1.54, 1.807) is 21.1 Å². The number of anilines is 1. The van der Waals surface area contributed by atoms with Crippen LogP contribution in [-0.4, -0.2) is 20.0 Å². The first kappa shape index (κ1) is 16.7. The van der Waals surface area contributed by atoms with Crippen LogP contribution < -0.4 is 14.8 Å². The lowest BCUT2D eigenvalue weighted by molar-refractivity contribution is 0.101. The summed E-state index contributed by atoms with van der Waals surface area (Å²) in [6.45, 7) is 1.62. The fourth-order valence-electron chi connectivity index (χ4n) is 4.20. The van der Waals surface area contributed by atoms with Gasteiger partial charge in [0.1, 0.15) is 11.5 Å². The van der Waals surface area contributed by atoms with Gasteiger partial charge in [-0.05, 0) is 55.2 Å². The lowest BCUT2D eigenvalue weighted by Crippen LogP contribution is -2.29. The Morgan fingerprint density at radius 2 is 1.92 bits per heavy atom. The highest BCUT2D eigenvalue weighted by molar-refractivity contribution is 5.95. The van der Waals surface area contributed by atoms with Gasteiger partial charge in [-0.25, -0.2) is 0 Å². The second kappa shape index (κ2) is 6.52. The molecular weight excluding hydrogens is 326 g/mol. The lowest BCUT2D eigenvalue weighted by Gasteiger charge is -2.38. The van der Waals surface area contributed by atoms with Crippen LogP contribution in [-0.2, 0) is 0 Å². The van der Waals surface area contributed by atoms with Crippen molar-refractivity contribution in [2.45, 2.75) is 25.3 Å². The Labute approximate surface area is 153 Å². The molecule has 1 heterocycles. The molecule has 4 rings (SSSR count). The molecule has 0 aromatic heterocycles. The number of ether oxygens (including phenoxy) is 2. The number of fused-ring (bicyclic) bond motifs is 3. The molecule has 2 aliphatic rings. The molecule has 3 unspecified atom stereocenters. The Hall–Kier alpha value is -2.75. The summed E-state index contributed by atoms with van der Waals surface area (Å²) in [5.74, 6) is 2.42. The number of allylic oxidation sites excluding steroid dienone is 2. The fourth-order valence-corrected chi connectivity index (χ4v) is 4.20. The van der Waals surface area contributed by atoms with Crippen LogP contribution in [0.1, 0.15) is 46.8 Å². The number of nitrogens with one attached hydrogen (secondary N) is 1. The molecule has 26 heavy (non-hydrogen) atoms. The normalized spacial score (nSPS) is 23.0. The zero-order valence-electron chi connectivity index (χ0n) is 15.3. The largest absolute Gasteiger partial charge is 0.497 e. The summed E-state index contributed by atoms with van der Waals surface area (Å²) < 4.78 is 11.0. The van der Waals surface area contributed by atoms with E-state index in [0.717, 1.165) is 34.7 Å². The molecule has 0 spiro atoms. The Morgan fingerprint density at radius 1 is 1.08 bits per heavy atom. The minimum absolute atomic E-state index is 0.102. The topological polar surface area (TPSA) is 47.6 Å². The first-order valence-electron chi connectivity index (χ1n) is 8.92. The van der Waals surface area contributed by atoms with Crippen molar-refractivity contribution in [1.29, 1.82) is 0 Å². The highest BCUT2D eigenvalue weighted by atomic mass is 16.5. The summed E-state index contributed by atoms with van der Waals surface area (Å²) in [6, 6.07) is 12.1. The molecule has 2 aromatic carbocycles. The zero-order valence-corrected chi connectivity index (χ0v) is 15.3. The van der Waals surface area contributed by atoms with Gasteiger partial charge in [-0.2, -0.15) is 0 Å². The van der Waals surface area contributed by atoms with Gasteiger partial charge >= 0.3 is 0 Å². The summed E-state index contributed by atoms with van der Waals surface area (Å²) in [6.07, 6.45) is 5.52. The monoisotopic (exact) mass is 349 g/mol. The molecule has 4 nitrogen and oxygen atoms in total. The first-order valence-corrected chi connectivity index (χ1v) is 8.92. The molecule has 0 fully saturated rings. The number of hydrogen-bond acceptors (Lipinski definition) is 4. The minimum Gasteiger partial charge on any atom is -0.497 e. The number of rotatable bonds is 4. The van der Waals surface area contributed by atoms with Crippen LogP contribution in [0.3, 0.4) is 0 Å². The molecule has 1 aliphatic heterocycles. The molecule has 1 N–H and O–H groups in total. The molecule has 0 amide bonds. The summed E-state index contributed by atoms with van der Waals surface area (Å²) in [4.78, 5) is 11.8. The van der Waals surface area contributed by atoms with Crippen LogP contribution in [0.5, 0.6) is 11.5 Å². The van der Waals surface area contributed by atoms with Crippen molar-refractivity contribution in [1.82, 2.24) is 0 Å². The van der Waals surface area contributed by atoms with E-state index in [9.17, 15) is 4.79 Å². The number of carbonyl (C=O) groups is 1. The molecule has 3 atom stereocenters. The predicted octanol–water partition coefficient (Wildman–Crippen LogP) is 4.73. The van der Waals surface area contributed by atoms with Crippen LogP contribution in [0.25, 0.3) is 0 Å². The third-order valence-corrected chi connectivity index (χ3v) is 5.55. The SMILES string of the molecule is COc1ccc(C2Nc3ccc(C(C)=O)cc3C3C=CCC32)c(OC)c1. The second-order valence-corrected chi connectivity index (χ2v) is 6.94. The molecule has 134 valence electrons. The van der Waals surface area contributed by atoms with Crippen molar-refractivity contribution < 1.29 is 14.3 Å². The average Bonchev–Trinajstić information content (AvgIpc) is 3.16. The molecular formula is C22H23NO3. The molecule has 0 saturated carbocycles. The van der Waals surface area contributed by atoms with Gasteiger partial charge in [0.15, 0.2) is 5.78 Å². The highest BCUT2D eigenvalue weighted by Crippen LogP contribution is 2.51. The number of Topliss-reactive ketones (excluding diaryl/α,β-unsaturated/α-hetero) is 1. The Kier molecular flexibility index (Phi) is 4.19. The van der Waals surface area contributed by atoms with Gasteiger partial charge < -0.3 is 14.8 Å². The fraction of sp³-hybridized carbons (Fsp3) is 0.318. The molecule has 0 radical (unpaired) electrons. The lowest BCUT2D eigenvalue weighted by atomic mass is 9.76.